The van der Waals surface area contributed by atoms with Crippen LogP contribution in [0.25, 0.3) is 0 Å². The molecule has 7 N–H and O–H groups in total. The van der Waals surface area contributed by atoms with Gasteiger partial charge in [0.25, 0.3) is 5.56 Å². The van der Waals surface area contributed by atoms with E-state index in [1.807, 2.05) is 6.92 Å². The molecule has 0 aliphatic rings. The molecule has 0 saturated carbocycles. The fourth-order valence-electron chi connectivity index (χ4n) is 1.17. The number of carbonyl (C=O) groups is 6. The first-order valence-electron chi connectivity index (χ1n) is 10.7. The number of hydrogen-bond donors (Lipinski definition) is 5. The number of thiocarbonyl (C=S) groups is 1. The fraction of sp³-hybridized carbons (Fsp3) is 0.522. The van der Waals surface area contributed by atoms with Crippen LogP contribution >= 0.6 is 36.0 Å². The molecule has 1 heterocycles. The highest BCUT2D eigenvalue weighted by molar-refractivity contribution is 7.80. The van der Waals surface area contributed by atoms with Crippen LogP contribution in [0.3, 0.4) is 0 Å². The van der Waals surface area contributed by atoms with Gasteiger partial charge in [0.05, 0.1) is 17.9 Å². The minimum absolute atomic E-state index is 0.000000000000000222. The van der Waals surface area contributed by atoms with Gasteiger partial charge >= 0.3 is 0 Å². The number of aromatic nitrogens is 2. The Labute approximate surface area is 237 Å². The Kier molecular flexibility index (Phi) is 31.8. The normalized spacial score (nSPS) is 8.39. The van der Waals surface area contributed by atoms with E-state index in [2.05, 4.69) is 57.5 Å². The van der Waals surface area contributed by atoms with E-state index in [0.29, 0.717) is 6.42 Å². The third kappa shape index (κ3) is 46.3. The lowest BCUT2D eigenvalue weighted by Crippen LogP contribution is -2.18. The van der Waals surface area contributed by atoms with Gasteiger partial charge in [0.2, 0.25) is 5.24 Å². The molecule has 0 bridgehead atoms. The van der Waals surface area contributed by atoms with Gasteiger partial charge in [-0.1, -0.05) is 6.92 Å². The second-order valence-electron chi connectivity index (χ2n) is 7.33. The molecule has 1 aromatic rings. The lowest BCUT2D eigenvalue weighted by Gasteiger charge is -1.97. The van der Waals surface area contributed by atoms with Crippen LogP contribution in [0.2, 0.25) is 0 Å². The number of carbonyl (C=O) groups excluding carboxylic acids is 6. The predicted molar refractivity (Wildman–Crippen MR) is 154 cm³/mol. The van der Waals surface area contributed by atoms with Crippen molar-refractivity contribution in [1.29, 1.82) is 0 Å². The van der Waals surface area contributed by atoms with Gasteiger partial charge in [-0.25, -0.2) is 0 Å². The van der Waals surface area contributed by atoms with E-state index in [-0.39, 0.29) is 67.5 Å². The zero-order valence-electron chi connectivity index (χ0n) is 23.1. The van der Waals surface area contributed by atoms with Crippen molar-refractivity contribution in [3.05, 3.63) is 20.7 Å². The molecule has 0 fully saturated rings. The number of ketones is 5. The Bertz CT molecular complexity index is 1010. The molecule has 0 atom stereocenters. The van der Waals surface area contributed by atoms with Gasteiger partial charge in [-0.05, 0) is 84.5 Å². The number of hydrogen-bond acceptors (Lipinski definition) is 10. The predicted octanol–water partition coefficient (Wildman–Crippen LogP) is 2.75. The highest BCUT2D eigenvalue weighted by atomic mass is 35.5. The van der Waals surface area contributed by atoms with Gasteiger partial charge in [-0.3, -0.25) is 33.8 Å². The van der Waals surface area contributed by atoms with Crippen molar-refractivity contribution in [2.24, 2.45) is 17.4 Å². The van der Waals surface area contributed by atoms with Crippen molar-refractivity contribution in [1.82, 2.24) is 9.97 Å². The summed E-state index contributed by atoms with van der Waals surface area (Å²) >= 11 is 13.3. The zero-order valence-corrected chi connectivity index (χ0v) is 25.5. The Balaban J connectivity index is -0.000000119. The molecule has 0 radical (unpaired) electrons. The minimum Gasteiger partial charge on any atom is -0.494 e. The average molecular weight is 599 g/mol. The van der Waals surface area contributed by atoms with Crippen LogP contribution in [0, 0.1) is 17.6 Å². The van der Waals surface area contributed by atoms with Crippen molar-refractivity contribution in [2.45, 2.75) is 75.2 Å². The van der Waals surface area contributed by atoms with Crippen LogP contribution in [0.1, 0.15) is 73.8 Å². The number of H-pyrrole nitrogens is 2. The minimum atomic E-state index is -0.407. The molecule has 0 aromatic carbocycles. The van der Waals surface area contributed by atoms with Crippen LogP contribution in [0.4, 0.5) is 0 Å². The first-order valence-corrected chi connectivity index (χ1v) is 11.9. The molecule has 0 unspecified atom stereocenters. The third-order valence-corrected chi connectivity index (χ3v) is 3.57. The van der Waals surface area contributed by atoms with Gasteiger partial charge in [0, 0.05) is 13.3 Å². The molecule has 0 saturated heterocycles. The molecule has 12 nitrogen and oxygen atoms in total. The Morgan fingerprint density at radius 3 is 1.32 bits per heavy atom. The monoisotopic (exact) mass is 598 g/mol. The standard InChI is InChI=1S/C6H10O2.C5H6N2O2S.C5H8O2.C4H8O.C2H3ClO.CH4N2S/c1-4(5(2)7)6(3)8;1-2-3(8)6-5(10)7-4(2)9;1-4(6)3-5(2)7;1-3-4(2)5;1-2(3)4;2-1(3)4/h4H,1-3H3;1H3,(H3,6,7,8,9,10);3H2,1-2H3;3H2,1-2H3;1H3;(H4,2,3,4). The van der Waals surface area contributed by atoms with Crippen LogP contribution in [-0.4, -0.2) is 54.3 Å². The number of nitrogens with two attached hydrogens (primary N) is 2. The van der Waals surface area contributed by atoms with E-state index in [4.69, 9.17) is 5.11 Å². The number of nitrogens with one attached hydrogen (secondary N) is 2. The average Bonchev–Trinajstić information content (AvgIpc) is 2.70. The van der Waals surface area contributed by atoms with E-state index >= 15 is 0 Å². The molecule has 0 aliphatic carbocycles. The van der Waals surface area contributed by atoms with Gasteiger partial charge < -0.3 is 26.4 Å². The van der Waals surface area contributed by atoms with Crippen LogP contribution in [0.5, 0.6) is 5.88 Å². The Hall–Kier alpha value is -3.10. The van der Waals surface area contributed by atoms with E-state index in [0.717, 1.165) is 0 Å². The van der Waals surface area contributed by atoms with Gasteiger partial charge in [0.15, 0.2) is 15.8 Å². The Morgan fingerprint density at radius 2 is 1.18 bits per heavy atom. The maximum absolute atomic E-state index is 10.8. The summed E-state index contributed by atoms with van der Waals surface area (Å²) in [6.07, 6.45) is 0.750. The molecule has 0 aliphatic heterocycles. The fourth-order valence-corrected chi connectivity index (χ4v) is 1.36. The van der Waals surface area contributed by atoms with E-state index in [1.165, 1.54) is 41.5 Å². The number of halogens is 1. The highest BCUT2D eigenvalue weighted by Crippen LogP contribution is 2.02. The maximum Gasteiger partial charge on any atom is 0.258 e. The number of aromatic hydroxyl groups is 1. The molecule has 0 spiro atoms. The summed E-state index contributed by atoms with van der Waals surface area (Å²) in [7, 11) is 0. The molecule has 218 valence electrons. The van der Waals surface area contributed by atoms with Gasteiger partial charge in [-0.15, -0.1) is 0 Å². The smallest absolute Gasteiger partial charge is 0.258 e. The summed E-state index contributed by atoms with van der Waals surface area (Å²) in [5.41, 5.74) is 9.12. The number of rotatable bonds is 5. The Morgan fingerprint density at radius 1 is 0.895 bits per heavy atom. The first-order chi connectivity index (χ1) is 17.0. The topological polar surface area (TPSA) is 223 Å². The molecule has 15 heteroatoms. The van der Waals surface area contributed by atoms with E-state index < -0.39 is 5.92 Å². The largest absolute Gasteiger partial charge is 0.494 e. The lowest BCUT2D eigenvalue weighted by molar-refractivity contribution is -0.130. The van der Waals surface area contributed by atoms with Crippen molar-refractivity contribution < 1.29 is 33.9 Å². The third-order valence-electron chi connectivity index (χ3n) is 3.37. The summed E-state index contributed by atoms with van der Waals surface area (Å²) < 4.78 is 0.133. The first kappa shape index (κ1) is 44.9. The maximum atomic E-state index is 10.8. The highest BCUT2D eigenvalue weighted by Gasteiger charge is 2.11. The lowest BCUT2D eigenvalue weighted by atomic mass is 10.0. The summed E-state index contributed by atoms with van der Waals surface area (Å²) in [5, 5.41) is 8.58. The van der Waals surface area contributed by atoms with Crippen molar-refractivity contribution in [2.75, 3.05) is 0 Å². The van der Waals surface area contributed by atoms with Crippen LogP contribution < -0.4 is 17.0 Å². The zero-order chi connectivity index (χ0) is 31.8. The van der Waals surface area contributed by atoms with Crippen LogP contribution in [-0.2, 0) is 28.8 Å². The van der Waals surface area contributed by atoms with E-state index in [1.54, 1.807) is 13.8 Å². The summed E-state index contributed by atoms with van der Waals surface area (Å²) in [5.74, 6) is -0.566. The second-order valence-corrected chi connectivity index (χ2v) is 8.75. The van der Waals surface area contributed by atoms with Crippen molar-refractivity contribution in [3.63, 3.8) is 0 Å². The summed E-state index contributed by atoms with van der Waals surface area (Å²) in [6, 6.07) is 0. The quantitative estimate of drug-likeness (QED) is 0.187. The van der Waals surface area contributed by atoms with Crippen molar-refractivity contribution >= 4 is 75.3 Å². The van der Waals surface area contributed by atoms with Gasteiger partial charge in [-0.2, -0.15) is 0 Å². The molecule has 38 heavy (non-hydrogen) atoms. The molecular formula is C23H39ClN4O8S2. The second kappa shape index (κ2) is 26.9. The van der Waals surface area contributed by atoms with Crippen LogP contribution in [0.15, 0.2) is 4.79 Å². The summed E-state index contributed by atoms with van der Waals surface area (Å²) in [4.78, 5) is 75.3. The number of aromatic amines is 2. The van der Waals surface area contributed by atoms with Crippen molar-refractivity contribution in [3.8, 4) is 5.88 Å². The molecule has 1 rings (SSSR count). The molecule has 0 amide bonds. The molecular weight excluding hydrogens is 560 g/mol. The SMILES string of the molecule is CC(=O)C(C)C(C)=O.CC(=O)CC(C)=O.CC(=O)Cl.CCC(C)=O.Cc1c(O)[nH]c(=S)[nH]c1=O.NC(N)=S. The van der Waals surface area contributed by atoms with Gasteiger partial charge in [0.1, 0.15) is 28.9 Å². The summed E-state index contributed by atoms with van der Waals surface area (Å²) in [6.45, 7) is 13.5. The molecule has 1 aromatic heterocycles. The van der Waals surface area contributed by atoms with E-state index in [9.17, 15) is 33.6 Å². The number of Topliss-reactive ketones (excluding diaryl/α,β-unsaturated/α-hetero) is 5.